The predicted octanol–water partition coefficient (Wildman–Crippen LogP) is 16.9. The fourth-order valence-electron chi connectivity index (χ4n) is 10.6. The second kappa shape index (κ2) is 13.7. The van der Waals surface area contributed by atoms with Crippen molar-refractivity contribution in [2.75, 3.05) is 4.90 Å². The molecule has 13 aromatic rings. The fraction of sp³-hybridized carbons (Fsp3) is 0. The van der Waals surface area contributed by atoms with Crippen LogP contribution in [0.5, 0.6) is 0 Å². The van der Waals surface area contributed by atoms with Crippen LogP contribution in [0.2, 0.25) is 0 Å². The molecule has 0 atom stereocenters. The minimum absolute atomic E-state index is 1.13. The average Bonchev–Trinajstić information content (AvgIpc) is 3.88. The van der Waals surface area contributed by atoms with Crippen LogP contribution in [0.4, 0.5) is 17.1 Å². The molecule has 0 spiro atoms. The molecule has 0 N–H and O–H groups in total. The summed E-state index contributed by atoms with van der Waals surface area (Å²) in [6, 6.07) is 82.9. The Balaban J connectivity index is 1.02. The van der Waals surface area contributed by atoms with E-state index in [1.165, 1.54) is 108 Å². The van der Waals surface area contributed by atoms with Crippen molar-refractivity contribution in [3.63, 3.8) is 0 Å². The van der Waals surface area contributed by atoms with Gasteiger partial charge in [0.05, 0.1) is 33.4 Å². The van der Waals surface area contributed by atoms with E-state index in [1.807, 2.05) is 11.8 Å². The highest BCUT2D eigenvalue weighted by Gasteiger charge is 2.28. The smallest absolute Gasteiger partial charge is 0.0603 e. The van der Waals surface area contributed by atoms with Crippen LogP contribution in [0.1, 0.15) is 0 Å². The molecule has 3 heterocycles. The summed E-state index contributed by atoms with van der Waals surface area (Å²) < 4.78 is 4.86. The van der Waals surface area contributed by atoms with Crippen LogP contribution in [0.3, 0.4) is 0 Å². The lowest BCUT2D eigenvalue weighted by molar-refractivity contribution is 1.11. The summed E-state index contributed by atoms with van der Waals surface area (Å²) in [6.07, 6.45) is 0. The second-order valence-corrected chi connectivity index (χ2v) is 18.0. The largest absolute Gasteiger partial charge is 0.309 e. The Morgan fingerprint density at radius 3 is 1.14 bits per heavy atom. The lowest BCUT2D eigenvalue weighted by atomic mass is 9.91. The maximum absolute atomic E-state index is 2.49. The molecule has 0 amide bonds. The van der Waals surface area contributed by atoms with Crippen LogP contribution in [-0.2, 0) is 0 Å². The molecular weight excluding hydrogens is 795 g/mol. The zero-order valence-corrected chi connectivity index (χ0v) is 35.4. The molecule has 14 rings (SSSR count). The number of anilines is 3. The third kappa shape index (κ3) is 5.18. The van der Waals surface area contributed by atoms with Gasteiger partial charge in [-0.2, -0.15) is 0 Å². The molecule has 4 heteroatoms. The van der Waals surface area contributed by atoms with E-state index in [4.69, 9.17) is 0 Å². The first-order valence-corrected chi connectivity index (χ1v) is 22.7. The SMILES string of the molecule is c1ccc(-c2ccc3c4ccccc4c4ccc(N5c6ccc(-n7c8ccccc8c8ccccc87)cc6Sc6cc(-n7c8ccccc8c8ccccc87)ccc65)cc4c3c2)cc1. The van der Waals surface area contributed by atoms with E-state index in [1.54, 1.807) is 0 Å². The zero-order chi connectivity index (χ0) is 41.9. The molecule has 298 valence electrons. The van der Waals surface area contributed by atoms with Gasteiger partial charge in [-0.3, -0.25) is 0 Å². The van der Waals surface area contributed by atoms with Gasteiger partial charge in [0.25, 0.3) is 0 Å². The van der Waals surface area contributed by atoms with Gasteiger partial charge in [0.1, 0.15) is 0 Å². The second-order valence-electron chi connectivity index (χ2n) is 16.9. The quantitative estimate of drug-likeness (QED) is 0.164. The van der Waals surface area contributed by atoms with Gasteiger partial charge >= 0.3 is 0 Å². The summed E-state index contributed by atoms with van der Waals surface area (Å²) in [5, 5.41) is 12.6. The lowest BCUT2D eigenvalue weighted by Crippen LogP contribution is -2.15. The third-order valence-corrected chi connectivity index (χ3v) is 14.5. The Morgan fingerprint density at radius 1 is 0.250 bits per heavy atom. The highest BCUT2D eigenvalue weighted by atomic mass is 32.2. The molecule has 1 aliphatic heterocycles. The first-order chi connectivity index (χ1) is 31.7. The first kappa shape index (κ1) is 35.5. The Labute approximate surface area is 373 Å². The molecule has 0 fully saturated rings. The number of rotatable bonds is 4. The van der Waals surface area contributed by atoms with Crippen LogP contribution in [0.15, 0.2) is 234 Å². The van der Waals surface area contributed by atoms with Crippen LogP contribution >= 0.6 is 11.8 Å². The number of hydrogen-bond donors (Lipinski definition) is 0. The van der Waals surface area contributed by atoms with Gasteiger partial charge in [0.15, 0.2) is 0 Å². The van der Waals surface area contributed by atoms with Gasteiger partial charge in [-0.15, -0.1) is 0 Å². The Morgan fingerprint density at radius 2 is 0.641 bits per heavy atom. The van der Waals surface area contributed by atoms with Crippen molar-refractivity contribution >= 4 is 105 Å². The van der Waals surface area contributed by atoms with Gasteiger partial charge in [0.2, 0.25) is 0 Å². The van der Waals surface area contributed by atoms with E-state index >= 15 is 0 Å². The van der Waals surface area contributed by atoms with Crippen molar-refractivity contribution < 1.29 is 0 Å². The van der Waals surface area contributed by atoms with Crippen molar-refractivity contribution in [3.05, 3.63) is 224 Å². The minimum Gasteiger partial charge on any atom is -0.309 e. The number of fused-ring (bicyclic) bond motifs is 14. The maximum Gasteiger partial charge on any atom is 0.0603 e. The molecular formula is C60H37N3S. The third-order valence-electron chi connectivity index (χ3n) is 13.5. The number of nitrogens with zero attached hydrogens (tertiary/aromatic N) is 3. The highest BCUT2D eigenvalue weighted by molar-refractivity contribution is 7.99. The lowest BCUT2D eigenvalue weighted by Gasteiger charge is -2.34. The van der Waals surface area contributed by atoms with Gasteiger partial charge in [-0.25, -0.2) is 0 Å². The first-order valence-electron chi connectivity index (χ1n) is 21.9. The summed E-state index contributed by atoms with van der Waals surface area (Å²) in [5.41, 5.74) is 13.0. The highest BCUT2D eigenvalue weighted by Crippen LogP contribution is 2.54. The van der Waals surface area contributed by atoms with Crippen LogP contribution in [0, 0.1) is 0 Å². The van der Waals surface area contributed by atoms with Crippen LogP contribution in [-0.4, -0.2) is 9.13 Å². The van der Waals surface area contributed by atoms with E-state index < -0.39 is 0 Å². The van der Waals surface area contributed by atoms with E-state index in [9.17, 15) is 0 Å². The van der Waals surface area contributed by atoms with Crippen molar-refractivity contribution in [2.24, 2.45) is 0 Å². The van der Waals surface area contributed by atoms with Crippen LogP contribution < -0.4 is 4.90 Å². The summed E-state index contributed by atoms with van der Waals surface area (Å²) in [4.78, 5) is 4.91. The van der Waals surface area contributed by atoms with Gasteiger partial charge in [0, 0.05) is 48.4 Å². The molecule has 3 nitrogen and oxygen atoms in total. The van der Waals surface area contributed by atoms with Crippen molar-refractivity contribution in [1.29, 1.82) is 0 Å². The number of benzene rings is 11. The average molecular weight is 832 g/mol. The van der Waals surface area contributed by atoms with Crippen LogP contribution in [0.25, 0.3) is 98.4 Å². The van der Waals surface area contributed by atoms with Crippen molar-refractivity contribution in [3.8, 4) is 22.5 Å². The Hall–Kier alpha value is -8.05. The molecule has 0 unspecified atom stereocenters. The molecule has 0 saturated heterocycles. The normalized spacial score (nSPS) is 12.6. The van der Waals surface area contributed by atoms with Crippen molar-refractivity contribution in [2.45, 2.75) is 9.79 Å². The Bertz CT molecular complexity index is 3790. The standard InChI is InChI=1S/C60H37N3S/c1-2-14-38(15-3-1)39-26-30-45-43-16-4-5-17-44(43)46-31-27-40(35-52(46)51(45)34-39)63-57-32-28-41(61-53-22-10-6-18-47(53)48-19-7-11-23-54(48)61)36-59(57)64-60-37-42(29-33-58(60)63)62-55-24-12-8-20-49(55)50-21-9-13-25-56(50)62/h1-37H. The van der Waals surface area contributed by atoms with Gasteiger partial charge in [-0.05, 0) is 122 Å². The molecule has 0 bridgehead atoms. The molecule has 0 aliphatic carbocycles. The predicted molar refractivity (Wildman–Crippen MR) is 272 cm³/mol. The molecule has 2 aromatic heterocycles. The maximum atomic E-state index is 2.49. The van der Waals surface area contributed by atoms with E-state index in [2.05, 4.69) is 238 Å². The monoisotopic (exact) mass is 831 g/mol. The minimum atomic E-state index is 1.13. The van der Waals surface area contributed by atoms with Gasteiger partial charge in [-0.1, -0.05) is 157 Å². The topological polar surface area (TPSA) is 13.1 Å². The molecule has 64 heavy (non-hydrogen) atoms. The molecule has 1 aliphatic rings. The fourth-order valence-corrected chi connectivity index (χ4v) is 11.8. The number of hydrogen-bond acceptors (Lipinski definition) is 2. The van der Waals surface area contributed by atoms with E-state index in [0.29, 0.717) is 0 Å². The summed E-state index contributed by atoms with van der Waals surface area (Å²) >= 11 is 1.86. The molecule has 11 aromatic carbocycles. The number of aromatic nitrogens is 2. The summed E-state index contributed by atoms with van der Waals surface area (Å²) in [6.45, 7) is 0. The molecule has 0 radical (unpaired) electrons. The summed E-state index contributed by atoms with van der Waals surface area (Å²) in [5.74, 6) is 0. The number of para-hydroxylation sites is 4. The Kier molecular flexibility index (Phi) is 7.62. The zero-order valence-electron chi connectivity index (χ0n) is 34.6. The van der Waals surface area contributed by atoms with E-state index in [0.717, 1.165) is 17.1 Å². The van der Waals surface area contributed by atoms with E-state index in [-0.39, 0.29) is 0 Å². The van der Waals surface area contributed by atoms with Gasteiger partial charge < -0.3 is 14.0 Å². The summed E-state index contributed by atoms with van der Waals surface area (Å²) in [7, 11) is 0. The molecule has 0 saturated carbocycles. The van der Waals surface area contributed by atoms with Crippen molar-refractivity contribution in [1.82, 2.24) is 9.13 Å².